The highest BCUT2D eigenvalue weighted by Gasteiger charge is 2.02. The molecule has 0 bridgehead atoms. The number of aryl methyl sites for hydroxylation is 1. The molecular formula is C10H12O. The zero-order valence-electron chi connectivity index (χ0n) is 6.76. The highest BCUT2D eigenvalue weighted by atomic mass is 16.3. The van der Waals surface area contributed by atoms with Crippen LogP contribution in [-0.4, -0.2) is 0 Å². The van der Waals surface area contributed by atoms with E-state index in [4.69, 9.17) is 4.42 Å². The van der Waals surface area contributed by atoms with Gasteiger partial charge in [-0.05, 0) is 12.1 Å². The Kier molecular flexibility index (Phi) is 2.32. The van der Waals surface area contributed by atoms with Gasteiger partial charge in [0.25, 0.3) is 0 Å². The third kappa shape index (κ3) is 1.43. The van der Waals surface area contributed by atoms with E-state index in [0.29, 0.717) is 0 Å². The normalized spacial score (nSPS) is 9.55. The zero-order valence-corrected chi connectivity index (χ0v) is 6.76. The molecule has 0 N–H and O–H groups in total. The minimum Gasteiger partial charge on any atom is -0.461 e. The minimum atomic E-state index is 0.817. The molecule has 1 heteroatoms. The van der Waals surface area contributed by atoms with E-state index in [1.807, 2.05) is 6.07 Å². The largest absolute Gasteiger partial charge is 0.461 e. The predicted molar refractivity (Wildman–Crippen MR) is 48.3 cm³/mol. The Morgan fingerprint density at radius 1 is 1.45 bits per heavy atom. The summed E-state index contributed by atoms with van der Waals surface area (Å²) in [4.78, 5) is 0. The lowest BCUT2D eigenvalue weighted by Gasteiger charge is -1.86. The average Bonchev–Trinajstić information content (AvgIpc) is 2.46. The Balaban J connectivity index is 3.11. The summed E-state index contributed by atoms with van der Waals surface area (Å²) in [6.45, 7) is 9.38. The van der Waals surface area contributed by atoms with Crippen molar-refractivity contribution in [2.75, 3.05) is 0 Å². The molecule has 0 saturated carbocycles. The fraction of sp³-hybridized carbons (Fsp3) is 0.200. The molecular weight excluding hydrogens is 136 g/mol. The molecule has 0 aliphatic rings. The first-order valence-electron chi connectivity index (χ1n) is 3.69. The van der Waals surface area contributed by atoms with Gasteiger partial charge in [0.05, 0.1) is 0 Å². The van der Waals surface area contributed by atoms with Crippen molar-refractivity contribution in [1.82, 2.24) is 0 Å². The highest BCUT2D eigenvalue weighted by Crippen LogP contribution is 2.17. The zero-order chi connectivity index (χ0) is 8.27. The molecule has 58 valence electrons. The summed E-state index contributed by atoms with van der Waals surface area (Å²) in [5, 5.41) is 0. The van der Waals surface area contributed by atoms with Crippen molar-refractivity contribution in [3.05, 3.63) is 36.3 Å². The van der Waals surface area contributed by atoms with Crippen LogP contribution in [-0.2, 0) is 6.42 Å². The second kappa shape index (κ2) is 3.24. The van der Waals surface area contributed by atoms with E-state index < -0.39 is 0 Å². The van der Waals surface area contributed by atoms with Crippen LogP contribution in [0.3, 0.4) is 0 Å². The Morgan fingerprint density at radius 2 is 2.18 bits per heavy atom. The van der Waals surface area contributed by atoms with E-state index in [-0.39, 0.29) is 0 Å². The third-order valence-electron chi connectivity index (χ3n) is 1.60. The Bertz CT molecular complexity index is 243. The monoisotopic (exact) mass is 148 g/mol. The maximum Gasteiger partial charge on any atom is 0.133 e. The number of furan rings is 1. The van der Waals surface area contributed by atoms with E-state index in [1.54, 1.807) is 12.2 Å². The van der Waals surface area contributed by atoms with Gasteiger partial charge in [-0.25, -0.2) is 0 Å². The third-order valence-corrected chi connectivity index (χ3v) is 1.60. The van der Waals surface area contributed by atoms with Crippen molar-refractivity contribution in [1.29, 1.82) is 0 Å². The quantitative estimate of drug-likeness (QED) is 0.641. The standard InChI is InChI=1S/C10H12O/c1-4-8-7-9(5-2)11-10(8)6-3/h4,6-7H,1,3,5H2,2H3. The summed E-state index contributed by atoms with van der Waals surface area (Å²) in [5.41, 5.74) is 1.02. The summed E-state index contributed by atoms with van der Waals surface area (Å²) < 4.78 is 5.41. The van der Waals surface area contributed by atoms with E-state index in [9.17, 15) is 0 Å². The molecule has 0 unspecified atom stereocenters. The Hall–Kier alpha value is -1.24. The summed E-state index contributed by atoms with van der Waals surface area (Å²) in [6.07, 6.45) is 4.39. The van der Waals surface area contributed by atoms with Gasteiger partial charge in [0, 0.05) is 12.0 Å². The van der Waals surface area contributed by atoms with Gasteiger partial charge in [-0.15, -0.1) is 0 Å². The predicted octanol–water partition coefficient (Wildman–Crippen LogP) is 3.13. The molecule has 0 spiro atoms. The van der Waals surface area contributed by atoms with Gasteiger partial charge in [-0.3, -0.25) is 0 Å². The maximum absolute atomic E-state index is 5.41. The number of hydrogen-bond acceptors (Lipinski definition) is 1. The summed E-state index contributed by atoms with van der Waals surface area (Å²) in [7, 11) is 0. The lowest BCUT2D eigenvalue weighted by molar-refractivity contribution is 0.507. The average molecular weight is 148 g/mol. The van der Waals surface area contributed by atoms with E-state index in [1.165, 1.54) is 0 Å². The Labute approximate surface area is 67.0 Å². The first-order valence-corrected chi connectivity index (χ1v) is 3.69. The molecule has 0 aliphatic heterocycles. The summed E-state index contributed by atoms with van der Waals surface area (Å²) in [6, 6.07) is 1.99. The van der Waals surface area contributed by atoms with Gasteiger partial charge in [-0.1, -0.05) is 26.2 Å². The lowest BCUT2D eigenvalue weighted by Crippen LogP contribution is -1.68. The molecule has 0 radical (unpaired) electrons. The van der Waals surface area contributed by atoms with Crippen LogP contribution in [0.2, 0.25) is 0 Å². The van der Waals surface area contributed by atoms with Crippen LogP contribution in [0, 0.1) is 0 Å². The fourth-order valence-electron chi connectivity index (χ4n) is 0.967. The van der Waals surface area contributed by atoms with Crippen LogP contribution in [0.25, 0.3) is 12.2 Å². The molecule has 1 nitrogen and oxygen atoms in total. The Morgan fingerprint density at radius 3 is 2.55 bits per heavy atom. The molecule has 1 heterocycles. The second-order valence-corrected chi connectivity index (χ2v) is 2.29. The molecule has 1 aromatic rings. The molecule has 0 aliphatic carbocycles. The van der Waals surface area contributed by atoms with Crippen LogP contribution in [0.5, 0.6) is 0 Å². The summed E-state index contributed by atoms with van der Waals surface area (Å²) >= 11 is 0. The molecule has 1 aromatic heterocycles. The highest BCUT2D eigenvalue weighted by molar-refractivity contribution is 5.59. The number of rotatable bonds is 3. The SMILES string of the molecule is C=Cc1cc(CC)oc1C=C. The first-order chi connectivity index (χ1) is 5.31. The molecule has 0 aromatic carbocycles. The molecule has 1 rings (SSSR count). The lowest BCUT2D eigenvalue weighted by atomic mass is 10.2. The van der Waals surface area contributed by atoms with Crippen LogP contribution >= 0.6 is 0 Å². The maximum atomic E-state index is 5.41. The molecule has 0 atom stereocenters. The van der Waals surface area contributed by atoms with Crippen LogP contribution in [0.4, 0.5) is 0 Å². The van der Waals surface area contributed by atoms with Gasteiger partial charge in [-0.2, -0.15) is 0 Å². The first kappa shape index (κ1) is 7.86. The van der Waals surface area contributed by atoms with Gasteiger partial charge in [0.15, 0.2) is 0 Å². The van der Waals surface area contributed by atoms with Crippen molar-refractivity contribution in [3.8, 4) is 0 Å². The van der Waals surface area contributed by atoms with Gasteiger partial charge in [0.2, 0.25) is 0 Å². The van der Waals surface area contributed by atoms with Crippen molar-refractivity contribution in [2.45, 2.75) is 13.3 Å². The van der Waals surface area contributed by atoms with E-state index in [2.05, 4.69) is 20.1 Å². The van der Waals surface area contributed by atoms with Crippen LogP contribution in [0.15, 0.2) is 23.6 Å². The van der Waals surface area contributed by atoms with Crippen molar-refractivity contribution >= 4 is 12.2 Å². The van der Waals surface area contributed by atoms with E-state index >= 15 is 0 Å². The minimum absolute atomic E-state index is 0.817. The van der Waals surface area contributed by atoms with Crippen molar-refractivity contribution < 1.29 is 4.42 Å². The molecule has 11 heavy (non-hydrogen) atoms. The van der Waals surface area contributed by atoms with Gasteiger partial charge >= 0.3 is 0 Å². The topological polar surface area (TPSA) is 13.1 Å². The smallest absolute Gasteiger partial charge is 0.133 e. The number of hydrogen-bond donors (Lipinski definition) is 0. The van der Waals surface area contributed by atoms with Crippen molar-refractivity contribution in [3.63, 3.8) is 0 Å². The van der Waals surface area contributed by atoms with Gasteiger partial charge in [0.1, 0.15) is 11.5 Å². The van der Waals surface area contributed by atoms with Crippen LogP contribution in [0.1, 0.15) is 24.0 Å². The van der Waals surface area contributed by atoms with Crippen molar-refractivity contribution in [2.24, 2.45) is 0 Å². The van der Waals surface area contributed by atoms with E-state index in [0.717, 1.165) is 23.5 Å². The van der Waals surface area contributed by atoms with Crippen LogP contribution < -0.4 is 0 Å². The van der Waals surface area contributed by atoms with Gasteiger partial charge < -0.3 is 4.42 Å². The molecule has 0 amide bonds. The second-order valence-electron chi connectivity index (χ2n) is 2.29. The molecule has 0 saturated heterocycles. The molecule has 0 fully saturated rings. The summed E-state index contributed by atoms with van der Waals surface area (Å²) in [5.74, 6) is 1.80. The fourth-order valence-corrected chi connectivity index (χ4v) is 0.967.